The number of halogens is 2. The molecule has 0 nitrogen and oxygen atoms in total. The zero-order valence-corrected chi connectivity index (χ0v) is 14.2. The van der Waals surface area contributed by atoms with E-state index in [2.05, 4.69) is 54.6 Å². The molecule has 0 saturated carbocycles. The van der Waals surface area contributed by atoms with E-state index in [1.807, 2.05) is 18.2 Å². The molecule has 0 aromatic heterocycles. The molecule has 0 heterocycles. The molecule has 0 unspecified atom stereocenters. The van der Waals surface area contributed by atoms with Gasteiger partial charge in [-0.2, -0.15) is 0 Å². The van der Waals surface area contributed by atoms with E-state index in [4.69, 9.17) is 23.2 Å². The molecule has 0 spiro atoms. The van der Waals surface area contributed by atoms with Crippen molar-refractivity contribution >= 4 is 45.0 Å². The van der Waals surface area contributed by atoms with Gasteiger partial charge in [0.25, 0.3) is 0 Å². The van der Waals surface area contributed by atoms with Gasteiger partial charge < -0.3 is 0 Å². The van der Waals surface area contributed by atoms with E-state index in [9.17, 15) is 0 Å². The molecule has 0 bridgehead atoms. The topological polar surface area (TPSA) is 0 Å². The van der Waals surface area contributed by atoms with Crippen molar-refractivity contribution < 1.29 is 0 Å². The molecule has 3 aromatic carbocycles. The fourth-order valence-corrected chi connectivity index (χ4v) is 4.29. The van der Waals surface area contributed by atoms with Gasteiger partial charge in [0.1, 0.15) is 0 Å². The first-order chi connectivity index (χ1) is 11.8. The second kappa shape index (κ2) is 5.11. The van der Waals surface area contributed by atoms with Gasteiger partial charge in [-0.15, -0.1) is 0 Å². The fraction of sp³-hybridized carbons (Fsp3) is 0. The van der Waals surface area contributed by atoms with Crippen molar-refractivity contribution in [1.29, 1.82) is 0 Å². The Kier molecular flexibility index (Phi) is 3.00. The predicted octanol–water partition coefficient (Wildman–Crippen LogP) is 6.73. The Labute approximate surface area is 150 Å². The first-order valence-electron chi connectivity index (χ1n) is 7.85. The number of hydrogen-bond donors (Lipinski definition) is 0. The first-order valence-corrected chi connectivity index (χ1v) is 8.61. The Bertz CT molecular complexity index is 1060. The van der Waals surface area contributed by atoms with Gasteiger partial charge in [0.2, 0.25) is 0 Å². The third-order valence-corrected chi connectivity index (χ3v) is 5.36. The molecule has 0 amide bonds. The molecule has 0 fully saturated rings. The van der Waals surface area contributed by atoms with Crippen LogP contribution >= 0.6 is 23.2 Å². The molecule has 24 heavy (non-hydrogen) atoms. The quantitative estimate of drug-likeness (QED) is 0.458. The van der Waals surface area contributed by atoms with Crippen LogP contribution in [0.25, 0.3) is 21.8 Å². The SMILES string of the molecule is ClC1=C2C(=C(c3ccccc3)c3ccccc32)c2ccc(Cl)cc21. The fourth-order valence-electron chi connectivity index (χ4n) is 3.77. The highest BCUT2D eigenvalue weighted by Gasteiger charge is 2.36. The summed E-state index contributed by atoms with van der Waals surface area (Å²) in [6.45, 7) is 0. The second-order valence-corrected chi connectivity index (χ2v) is 6.85. The van der Waals surface area contributed by atoms with Crippen molar-refractivity contribution in [1.82, 2.24) is 0 Å². The van der Waals surface area contributed by atoms with E-state index in [1.54, 1.807) is 0 Å². The van der Waals surface area contributed by atoms with E-state index < -0.39 is 0 Å². The normalized spacial score (nSPS) is 14.8. The van der Waals surface area contributed by atoms with Crippen molar-refractivity contribution in [2.75, 3.05) is 0 Å². The molecule has 0 saturated heterocycles. The molecule has 5 rings (SSSR count). The summed E-state index contributed by atoms with van der Waals surface area (Å²) in [6, 6.07) is 25.0. The molecule has 0 N–H and O–H groups in total. The van der Waals surface area contributed by atoms with Gasteiger partial charge in [0.05, 0.1) is 5.03 Å². The molecule has 2 aliphatic carbocycles. The zero-order valence-electron chi connectivity index (χ0n) is 12.7. The maximum atomic E-state index is 6.78. The third-order valence-electron chi connectivity index (χ3n) is 4.74. The van der Waals surface area contributed by atoms with Crippen LogP contribution in [0.2, 0.25) is 5.02 Å². The number of rotatable bonds is 1. The van der Waals surface area contributed by atoms with Crippen LogP contribution in [0.5, 0.6) is 0 Å². The summed E-state index contributed by atoms with van der Waals surface area (Å²) in [5.41, 5.74) is 9.44. The first kappa shape index (κ1) is 14.1. The highest BCUT2D eigenvalue weighted by atomic mass is 35.5. The van der Waals surface area contributed by atoms with Crippen LogP contribution < -0.4 is 0 Å². The summed E-state index contributed by atoms with van der Waals surface area (Å²) in [7, 11) is 0. The summed E-state index contributed by atoms with van der Waals surface area (Å²) in [6.07, 6.45) is 0. The predicted molar refractivity (Wildman–Crippen MR) is 103 cm³/mol. The largest absolute Gasteiger partial charge is 0.0843 e. The monoisotopic (exact) mass is 346 g/mol. The van der Waals surface area contributed by atoms with Crippen LogP contribution in [0.3, 0.4) is 0 Å². The van der Waals surface area contributed by atoms with Gasteiger partial charge in [0, 0.05) is 21.7 Å². The summed E-state index contributed by atoms with van der Waals surface area (Å²) in [4.78, 5) is 0. The molecule has 114 valence electrons. The lowest BCUT2D eigenvalue weighted by Crippen LogP contribution is -1.89. The Morgan fingerprint density at radius 2 is 1.12 bits per heavy atom. The smallest absolute Gasteiger partial charge is 0.0570 e. The minimum Gasteiger partial charge on any atom is -0.0843 e. The highest BCUT2D eigenvalue weighted by molar-refractivity contribution is 6.59. The minimum atomic E-state index is 0.711. The van der Waals surface area contributed by atoms with Gasteiger partial charge in [0.15, 0.2) is 0 Å². The van der Waals surface area contributed by atoms with Crippen LogP contribution in [0.1, 0.15) is 27.8 Å². The van der Waals surface area contributed by atoms with E-state index in [0.29, 0.717) is 5.02 Å². The van der Waals surface area contributed by atoms with Crippen LogP contribution in [-0.4, -0.2) is 0 Å². The standard InChI is InChI=1S/C22H12Cl2/c23-14-10-11-17-18(12-14)22(24)21-16-9-5-4-8-15(16)19(20(17)21)13-6-2-1-3-7-13/h1-12H. The second-order valence-electron chi connectivity index (χ2n) is 6.04. The summed E-state index contributed by atoms with van der Waals surface area (Å²) >= 11 is 13.0. The molecule has 0 radical (unpaired) electrons. The van der Waals surface area contributed by atoms with Crippen molar-refractivity contribution in [3.8, 4) is 0 Å². The molecule has 3 aromatic rings. The van der Waals surface area contributed by atoms with Crippen LogP contribution in [0.15, 0.2) is 72.8 Å². The van der Waals surface area contributed by atoms with Crippen LogP contribution in [0.4, 0.5) is 0 Å². The molecule has 2 heteroatoms. The zero-order chi connectivity index (χ0) is 16.3. The molecule has 2 aliphatic rings. The highest BCUT2D eigenvalue weighted by Crippen LogP contribution is 2.58. The van der Waals surface area contributed by atoms with Crippen molar-refractivity contribution in [2.45, 2.75) is 0 Å². The number of allylic oxidation sites excluding steroid dienone is 2. The number of benzene rings is 3. The number of hydrogen-bond acceptors (Lipinski definition) is 0. The molecule has 0 aliphatic heterocycles. The van der Waals surface area contributed by atoms with Gasteiger partial charge in [-0.3, -0.25) is 0 Å². The Balaban J connectivity index is 1.93. The van der Waals surface area contributed by atoms with E-state index >= 15 is 0 Å². The van der Waals surface area contributed by atoms with Crippen molar-refractivity contribution in [3.63, 3.8) is 0 Å². The Morgan fingerprint density at radius 3 is 1.88 bits per heavy atom. The molecular weight excluding hydrogens is 335 g/mol. The Morgan fingerprint density at radius 1 is 0.500 bits per heavy atom. The Hall–Kier alpha value is -2.28. The lowest BCUT2D eigenvalue weighted by molar-refractivity contribution is 1.54. The maximum Gasteiger partial charge on any atom is 0.0570 e. The van der Waals surface area contributed by atoms with Gasteiger partial charge in [-0.05, 0) is 40.0 Å². The van der Waals surface area contributed by atoms with Crippen molar-refractivity contribution in [2.24, 2.45) is 0 Å². The minimum absolute atomic E-state index is 0.711. The molecular formula is C22H12Cl2. The summed E-state index contributed by atoms with van der Waals surface area (Å²) in [5, 5.41) is 1.50. The summed E-state index contributed by atoms with van der Waals surface area (Å²) in [5.74, 6) is 0. The van der Waals surface area contributed by atoms with Gasteiger partial charge in [-0.25, -0.2) is 0 Å². The summed E-state index contributed by atoms with van der Waals surface area (Å²) < 4.78 is 0. The molecule has 0 atom stereocenters. The number of fused-ring (bicyclic) bond motifs is 5. The van der Waals surface area contributed by atoms with E-state index in [-0.39, 0.29) is 0 Å². The van der Waals surface area contributed by atoms with Crippen LogP contribution in [0, 0.1) is 0 Å². The average molecular weight is 347 g/mol. The van der Waals surface area contributed by atoms with E-state index in [1.165, 1.54) is 27.8 Å². The van der Waals surface area contributed by atoms with Crippen molar-refractivity contribution in [3.05, 3.63) is 106 Å². The van der Waals surface area contributed by atoms with Gasteiger partial charge >= 0.3 is 0 Å². The van der Waals surface area contributed by atoms with Crippen LogP contribution in [-0.2, 0) is 0 Å². The lowest BCUT2D eigenvalue weighted by Gasteiger charge is -2.10. The third kappa shape index (κ3) is 1.81. The maximum absolute atomic E-state index is 6.78. The average Bonchev–Trinajstić information content (AvgIpc) is 3.09. The lowest BCUT2D eigenvalue weighted by atomic mass is 9.94. The van der Waals surface area contributed by atoms with E-state index in [0.717, 1.165) is 21.7 Å². The van der Waals surface area contributed by atoms with Gasteiger partial charge in [-0.1, -0.05) is 83.9 Å².